The number of aliphatic hydroxyl groups is 1. The molecule has 2 aliphatic rings. The first kappa shape index (κ1) is 20.9. The molecule has 0 spiro atoms. The van der Waals surface area contributed by atoms with Crippen molar-refractivity contribution in [3.8, 4) is 11.9 Å². The fourth-order valence-corrected chi connectivity index (χ4v) is 4.94. The smallest absolute Gasteiger partial charge is 0.319 e. The summed E-state index contributed by atoms with van der Waals surface area (Å²) in [6, 6.07) is 0.240. The van der Waals surface area contributed by atoms with E-state index in [4.69, 9.17) is 9.47 Å². The average molecular weight is 414 g/mol. The Hall–Kier alpha value is -2.32. The fraction of sp³-hybridized carbons (Fsp3) is 0.636. The van der Waals surface area contributed by atoms with Gasteiger partial charge in [0, 0.05) is 56.1 Å². The molecule has 0 amide bonds. The number of rotatable bonds is 8. The van der Waals surface area contributed by atoms with Crippen LogP contribution in [0.2, 0.25) is 0 Å². The van der Waals surface area contributed by atoms with Crippen LogP contribution in [0, 0.1) is 11.8 Å². The highest BCUT2D eigenvalue weighted by atomic mass is 16.5. The first-order chi connectivity index (χ1) is 14.6. The SMILES string of the molecule is CCCCc1ncc(CN2C[C@@H]3CC[C@@](O)(c4cnc(OC)nc4OC)[C@@H]3C2)cn1. The number of unbranched alkanes of at least 4 members (excludes halogenated alkanes) is 1. The predicted octanol–water partition coefficient (Wildman–Crippen LogP) is 2.36. The molecule has 30 heavy (non-hydrogen) atoms. The van der Waals surface area contributed by atoms with Gasteiger partial charge in [0.05, 0.1) is 19.8 Å². The van der Waals surface area contributed by atoms with Crippen LogP contribution in [0.15, 0.2) is 18.6 Å². The summed E-state index contributed by atoms with van der Waals surface area (Å²) in [6.07, 6.45) is 10.4. The molecule has 8 heteroatoms. The lowest BCUT2D eigenvalue weighted by Gasteiger charge is -2.31. The maximum atomic E-state index is 11.7. The second-order valence-electron chi connectivity index (χ2n) is 8.41. The van der Waals surface area contributed by atoms with E-state index in [1.807, 2.05) is 12.4 Å². The molecule has 4 rings (SSSR count). The van der Waals surface area contributed by atoms with E-state index < -0.39 is 5.60 Å². The van der Waals surface area contributed by atoms with Gasteiger partial charge >= 0.3 is 6.01 Å². The molecule has 2 aromatic rings. The van der Waals surface area contributed by atoms with Crippen molar-refractivity contribution in [1.29, 1.82) is 0 Å². The summed E-state index contributed by atoms with van der Waals surface area (Å²) in [6.45, 7) is 4.75. The lowest BCUT2D eigenvalue weighted by atomic mass is 9.83. The summed E-state index contributed by atoms with van der Waals surface area (Å²) < 4.78 is 10.6. The second kappa shape index (κ2) is 8.81. The number of likely N-dealkylation sites (tertiary alicyclic amines) is 1. The number of fused-ring (bicyclic) bond motifs is 1. The summed E-state index contributed by atoms with van der Waals surface area (Å²) in [4.78, 5) is 19.9. The van der Waals surface area contributed by atoms with Gasteiger partial charge in [-0.25, -0.2) is 15.0 Å². The Labute approximate surface area is 177 Å². The van der Waals surface area contributed by atoms with E-state index >= 15 is 0 Å². The molecule has 162 valence electrons. The highest BCUT2D eigenvalue weighted by Crippen LogP contribution is 2.52. The van der Waals surface area contributed by atoms with Crippen molar-refractivity contribution in [2.45, 2.75) is 51.2 Å². The Bertz CT molecular complexity index is 862. The lowest BCUT2D eigenvalue weighted by Crippen LogP contribution is -2.35. The van der Waals surface area contributed by atoms with Gasteiger partial charge < -0.3 is 14.6 Å². The van der Waals surface area contributed by atoms with Crippen molar-refractivity contribution in [2.75, 3.05) is 27.3 Å². The third-order valence-corrected chi connectivity index (χ3v) is 6.52. The molecule has 0 bridgehead atoms. The zero-order chi connectivity index (χ0) is 21.1. The maximum Gasteiger partial charge on any atom is 0.319 e. The maximum absolute atomic E-state index is 11.7. The van der Waals surface area contributed by atoms with Crippen LogP contribution in [0.3, 0.4) is 0 Å². The number of methoxy groups -OCH3 is 2. The quantitative estimate of drug-likeness (QED) is 0.705. The van der Waals surface area contributed by atoms with Crippen LogP contribution in [0.5, 0.6) is 11.9 Å². The Morgan fingerprint density at radius 2 is 1.93 bits per heavy atom. The van der Waals surface area contributed by atoms with E-state index in [1.54, 1.807) is 13.3 Å². The Morgan fingerprint density at radius 1 is 1.13 bits per heavy atom. The summed E-state index contributed by atoms with van der Waals surface area (Å²) in [5.41, 5.74) is 0.783. The first-order valence-corrected chi connectivity index (χ1v) is 10.8. The molecule has 1 N–H and O–H groups in total. The van der Waals surface area contributed by atoms with Gasteiger partial charge in [0.2, 0.25) is 5.88 Å². The highest BCUT2D eigenvalue weighted by Gasteiger charge is 2.53. The van der Waals surface area contributed by atoms with Crippen LogP contribution in [-0.4, -0.2) is 57.3 Å². The van der Waals surface area contributed by atoms with Crippen LogP contribution in [0.25, 0.3) is 0 Å². The van der Waals surface area contributed by atoms with Crippen molar-refractivity contribution >= 4 is 0 Å². The Morgan fingerprint density at radius 3 is 2.63 bits per heavy atom. The standard InChI is InChI=1S/C22H31N5O3/c1-4-5-6-19-23-9-15(10-24-19)12-27-13-16-7-8-22(28,18(16)14-27)17-11-25-21(30-3)26-20(17)29-2/h9-11,16,18,28H,4-8,12-14H2,1-3H3/t16-,18+,22+/m0/s1. The predicted molar refractivity (Wildman–Crippen MR) is 111 cm³/mol. The molecule has 1 saturated carbocycles. The lowest BCUT2D eigenvalue weighted by molar-refractivity contribution is -0.00972. The second-order valence-corrected chi connectivity index (χ2v) is 8.41. The van der Waals surface area contributed by atoms with Gasteiger partial charge in [0.25, 0.3) is 0 Å². The molecule has 2 fully saturated rings. The number of aromatic nitrogens is 4. The topological polar surface area (TPSA) is 93.5 Å². The number of nitrogens with zero attached hydrogens (tertiary/aromatic N) is 5. The minimum absolute atomic E-state index is 0.119. The van der Waals surface area contributed by atoms with Gasteiger partial charge in [-0.2, -0.15) is 4.98 Å². The number of hydrogen-bond donors (Lipinski definition) is 1. The minimum atomic E-state index is -0.989. The van der Waals surface area contributed by atoms with E-state index in [-0.39, 0.29) is 11.9 Å². The average Bonchev–Trinajstić information content (AvgIpc) is 3.32. The molecule has 1 aliphatic heterocycles. The van der Waals surface area contributed by atoms with Gasteiger partial charge in [-0.3, -0.25) is 4.90 Å². The molecule has 1 aliphatic carbocycles. The summed E-state index contributed by atoms with van der Waals surface area (Å²) in [7, 11) is 3.08. The largest absolute Gasteiger partial charge is 0.481 e. The Balaban J connectivity index is 1.46. The van der Waals surface area contributed by atoms with Gasteiger partial charge in [0.1, 0.15) is 11.4 Å². The highest BCUT2D eigenvalue weighted by molar-refractivity contribution is 5.34. The zero-order valence-corrected chi connectivity index (χ0v) is 18.0. The van der Waals surface area contributed by atoms with Crippen LogP contribution in [0.4, 0.5) is 0 Å². The van der Waals surface area contributed by atoms with Crippen molar-refractivity contribution in [1.82, 2.24) is 24.8 Å². The third-order valence-electron chi connectivity index (χ3n) is 6.52. The normalized spacial score (nSPS) is 26.0. The van der Waals surface area contributed by atoms with E-state index in [1.165, 1.54) is 7.11 Å². The molecule has 0 aromatic carbocycles. The monoisotopic (exact) mass is 413 g/mol. The molecule has 3 atom stereocenters. The molecular weight excluding hydrogens is 382 g/mol. The molecule has 2 aromatic heterocycles. The van der Waals surface area contributed by atoms with E-state index in [9.17, 15) is 5.11 Å². The van der Waals surface area contributed by atoms with Crippen LogP contribution in [-0.2, 0) is 18.6 Å². The molecule has 0 radical (unpaired) electrons. The van der Waals surface area contributed by atoms with Crippen molar-refractivity contribution < 1.29 is 14.6 Å². The van der Waals surface area contributed by atoms with Gasteiger partial charge in [0.15, 0.2) is 0 Å². The summed E-state index contributed by atoms with van der Waals surface area (Å²) in [5, 5.41) is 11.7. The third kappa shape index (κ3) is 3.98. The van der Waals surface area contributed by atoms with Crippen molar-refractivity contribution in [3.05, 3.63) is 35.5 Å². The number of ether oxygens (including phenoxy) is 2. The van der Waals surface area contributed by atoms with Crippen LogP contribution < -0.4 is 9.47 Å². The summed E-state index contributed by atoms with van der Waals surface area (Å²) in [5.74, 6) is 1.86. The molecular formula is C22H31N5O3. The molecule has 0 unspecified atom stereocenters. The van der Waals surface area contributed by atoms with Gasteiger partial charge in [-0.1, -0.05) is 13.3 Å². The Kier molecular flexibility index (Phi) is 6.15. The molecule has 1 saturated heterocycles. The van der Waals surface area contributed by atoms with E-state index in [0.29, 0.717) is 23.8 Å². The van der Waals surface area contributed by atoms with E-state index in [0.717, 1.165) is 56.7 Å². The zero-order valence-electron chi connectivity index (χ0n) is 18.0. The number of aryl methyl sites for hydroxylation is 1. The van der Waals surface area contributed by atoms with Crippen molar-refractivity contribution in [3.63, 3.8) is 0 Å². The van der Waals surface area contributed by atoms with Gasteiger partial charge in [-0.15, -0.1) is 0 Å². The first-order valence-electron chi connectivity index (χ1n) is 10.8. The van der Waals surface area contributed by atoms with E-state index in [2.05, 4.69) is 31.8 Å². The molecule has 8 nitrogen and oxygen atoms in total. The van der Waals surface area contributed by atoms with Crippen LogP contribution >= 0.6 is 0 Å². The molecule has 3 heterocycles. The minimum Gasteiger partial charge on any atom is -0.481 e. The van der Waals surface area contributed by atoms with Crippen LogP contribution in [0.1, 0.15) is 49.6 Å². The van der Waals surface area contributed by atoms with Gasteiger partial charge in [-0.05, 0) is 25.2 Å². The van der Waals surface area contributed by atoms with Crippen molar-refractivity contribution in [2.24, 2.45) is 11.8 Å². The number of hydrogen-bond acceptors (Lipinski definition) is 8. The fourth-order valence-electron chi connectivity index (χ4n) is 4.94. The summed E-state index contributed by atoms with van der Waals surface area (Å²) >= 11 is 0.